The SMILES string of the molecule is CNC(=S)Nc1ccc(Br)cc1F. The molecule has 0 heterocycles. The molecule has 0 spiro atoms. The van der Waals surface area contributed by atoms with Gasteiger partial charge in [-0.15, -0.1) is 0 Å². The molecule has 0 bridgehead atoms. The van der Waals surface area contributed by atoms with Crippen molar-refractivity contribution in [1.82, 2.24) is 5.32 Å². The van der Waals surface area contributed by atoms with Gasteiger partial charge in [-0.25, -0.2) is 4.39 Å². The first-order chi connectivity index (χ1) is 6.13. The van der Waals surface area contributed by atoms with E-state index in [2.05, 4.69) is 26.6 Å². The van der Waals surface area contributed by atoms with Crippen LogP contribution in [0.4, 0.5) is 10.1 Å². The van der Waals surface area contributed by atoms with Gasteiger partial charge in [-0.3, -0.25) is 0 Å². The third-order valence-corrected chi connectivity index (χ3v) is 2.21. The molecule has 0 aromatic heterocycles. The van der Waals surface area contributed by atoms with Crippen LogP contribution in [-0.4, -0.2) is 12.2 Å². The fraction of sp³-hybridized carbons (Fsp3) is 0.125. The van der Waals surface area contributed by atoms with E-state index in [0.717, 1.165) is 0 Å². The first-order valence-electron chi connectivity index (χ1n) is 3.57. The van der Waals surface area contributed by atoms with Gasteiger partial charge in [-0.1, -0.05) is 15.9 Å². The molecule has 1 aromatic rings. The van der Waals surface area contributed by atoms with E-state index >= 15 is 0 Å². The molecule has 5 heteroatoms. The average molecular weight is 263 g/mol. The molecule has 70 valence electrons. The summed E-state index contributed by atoms with van der Waals surface area (Å²) in [6.45, 7) is 0. The monoisotopic (exact) mass is 262 g/mol. The molecule has 1 aromatic carbocycles. The Balaban J connectivity index is 2.83. The van der Waals surface area contributed by atoms with Crippen molar-refractivity contribution >= 4 is 38.9 Å². The lowest BCUT2D eigenvalue weighted by molar-refractivity contribution is 0.631. The number of thiocarbonyl (C=S) groups is 1. The van der Waals surface area contributed by atoms with Crippen LogP contribution in [0.2, 0.25) is 0 Å². The number of hydrogen-bond acceptors (Lipinski definition) is 1. The van der Waals surface area contributed by atoms with Crippen LogP contribution in [0.1, 0.15) is 0 Å². The molecule has 2 N–H and O–H groups in total. The highest BCUT2D eigenvalue weighted by atomic mass is 79.9. The molecule has 0 saturated carbocycles. The second-order valence-electron chi connectivity index (χ2n) is 2.33. The van der Waals surface area contributed by atoms with Gasteiger partial charge in [0.2, 0.25) is 0 Å². The van der Waals surface area contributed by atoms with Crippen LogP contribution in [0, 0.1) is 5.82 Å². The van der Waals surface area contributed by atoms with Crippen LogP contribution in [0.25, 0.3) is 0 Å². The van der Waals surface area contributed by atoms with Gasteiger partial charge < -0.3 is 10.6 Å². The zero-order valence-electron chi connectivity index (χ0n) is 6.90. The lowest BCUT2D eigenvalue weighted by Gasteiger charge is -2.07. The molecular formula is C8H8BrFN2S. The van der Waals surface area contributed by atoms with Crippen molar-refractivity contribution < 1.29 is 4.39 Å². The number of nitrogens with one attached hydrogen (secondary N) is 2. The van der Waals surface area contributed by atoms with E-state index in [9.17, 15) is 4.39 Å². The van der Waals surface area contributed by atoms with Crippen LogP contribution in [0.5, 0.6) is 0 Å². The van der Waals surface area contributed by atoms with E-state index in [4.69, 9.17) is 12.2 Å². The molecule has 0 amide bonds. The molecule has 13 heavy (non-hydrogen) atoms. The van der Waals surface area contributed by atoms with Crippen molar-refractivity contribution in [2.45, 2.75) is 0 Å². The molecule has 1 rings (SSSR count). The molecular weight excluding hydrogens is 255 g/mol. The number of halogens is 2. The lowest BCUT2D eigenvalue weighted by Crippen LogP contribution is -2.24. The molecule has 2 nitrogen and oxygen atoms in total. The molecule has 0 aliphatic carbocycles. The van der Waals surface area contributed by atoms with Gasteiger partial charge in [0.15, 0.2) is 5.11 Å². The summed E-state index contributed by atoms with van der Waals surface area (Å²) in [6.07, 6.45) is 0. The molecule has 0 aliphatic heterocycles. The summed E-state index contributed by atoms with van der Waals surface area (Å²) in [5.41, 5.74) is 0.363. The van der Waals surface area contributed by atoms with Gasteiger partial charge in [0.25, 0.3) is 0 Å². The van der Waals surface area contributed by atoms with Gasteiger partial charge in [0.1, 0.15) is 5.82 Å². The van der Waals surface area contributed by atoms with Crippen molar-refractivity contribution in [1.29, 1.82) is 0 Å². The molecule has 0 radical (unpaired) electrons. The summed E-state index contributed by atoms with van der Waals surface area (Å²) in [4.78, 5) is 0. The molecule has 0 saturated heterocycles. The first kappa shape index (κ1) is 10.4. The topological polar surface area (TPSA) is 24.1 Å². The molecule has 0 aliphatic rings. The van der Waals surface area contributed by atoms with Gasteiger partial charge in [-0.05, 0) is 30.4 Å². The number of anilines is 1. The number of benzene rings is 1. The zero-order valence-corrected chi connectivity index (χ0v) is 9.30. The Bertz CT molecular complexity index is 330. The third kappa shape index (κ3) is 2.93. The normalized spacial score (nSPS) is 9.46. The van der Waals surface area contributed by atoms with Crippen molar-refractivity contribution in [3.63, 3.8) is 0 Å². The van der Waals surface area contributed by atoms with Crippen LogP contribution >= 0.6 is 28.1 Å². The Hall–Kier alpha value is -0.680. The molecule has 0 fully saturated rings. The minimum atomic E-state index is -0.341. The van der Waals surface area contributed by atoms with Crippen molar-refractivity contribution in [2.75, 3.05) is 12.4 Å². The predicted octanol–water partition coefficient (Wildman–Crippen LogP) is 2.50. The highest BCUT2D eigenvalue weighted by molar-refractivity contribution is 9.10. The van der Waals surface area contributed by atoms with Crippen molar-refractivity contribution in [3.05, 3.63) is 28.5 Å². The van der Waals surface area contributed by atoms with Crippen molar-refractivity contribution in [3.8, 4) is 0 Å². The lowest BCUT2D eigenvalue weighted by atomic mass is 10.3. The molecule has 0 unspecified atom stereocenters. The summed E-state index contributed by atoms with van der Waals surface area (Å²) in [5, 5.41) is 5.80. The smallest absolute Gasteiger partial charge is 0.170 e. The van der Waals surface area contributed by atoms with Gasteiger partial charge in [0.05, 0.1) is 5.69 Å². The predicted molar refractivity (Wildman–Crippen MR) is 59.4 cm³/mol. The van der Waals surface area contributed by atoms with E-state index in [0.29, 0.717) is 15.3 Å². The van der Waals surface area contributed by atoms with E-state index in [1.165, 1.54) is 6.07 Å². The average Bonchev–Trinajstić information content (AvgIpc) is 2.09. The van der Waals surface area contributed by atoms with Crippen LogP contribution in [0.15, 0.2) is 22.7 Å². The van der Waals surface area contributed by atoms with Crippen LogP contribution in [-0.2, 0) is 0 Å². The second kappa shape index (κ2) is 4.53. The maximum atomic E-state index is 13.2. The number of hydrogen-bond donors (Lipinski definition) is 2. The Morgan fingerprint density at radius 1 is 1.54 bits per heavy atom. The first-order valence-corrected chi connectivity index (χ1v) is 4.77. The summed E-state index contributed by atoms with van der Waals surface area (Å²) >= 11 is 7.99. The standard InChI is InChI=1S/C8H8BrFN2S/c1-11-8(13)12-7-3-2-5(9)4-6(7)10/h2-4H,1H3,(H2,11,12,13). The maximum absolute atomic E-state index is 13.2. The van der Waals surface area contributed by atoms with Crippen LogP contribution < -0.4 is 10.6 Å². The van der Waals surface area contributed by atoms with E-state index in [-0.39, 0.29) is 5.82 Å². The highest BCUT2D eigenvalue weighted by Gasteiger charge is 2.02. The fourth-order valence-corrected chi connectivity index (χ4v) is 1.22. The maximum Gasteiger partial charge on any atom is 0.170 e. The van der Waals surface area contributed by atoms with Gasteiger partial charge in [-0.2, -0.15) is 0 Å². The summed E-state index contributed by atoms with van der Waals surface area (Å²) < 4.78 is 13.9. The largest absolute Gasteiger partial charge is 0.366 e. The zero-order chi connectivity index (χ0) is 9.84. The van der Waals surface area contributed by atoms with Crippen LogP contribution in [0.3, 0.4) is 0 Å². The Labute approximate surface area is 89.7 Å². The quantitative estimate of drug-likeness (QED) is 0.761. The highest BCUT2D eigenvalue weighted by Crippen LogP contribution is 2.18. The second-order valence-corrected chi connectivity index (χ2v) is 3.65. The minimum Gasteiger partial charge on any atom is -0.366 e. The fourth-order valence-electron chi connectivity index (χ4n) is 0.776. The van der Waals surface area contributed by atoms with Gasteiger partial charge in [0, 0.05) is 11.5 Å². The minimum absolute atomic E-state index is 0.341. The summed E-state index contributed by atoms with van der Waals surface area (Å²) in [6, 6.07) is 4.73. The summed E-state index contributed by atoms with van der Waals surface area (Å²) in [5.74, 6) is -0.341. The van der Waals surface area contributed by atoms with Crippen molar-refractivity contribution in [2.24, 2.45) is 0 Å². The van der Waals surface area contributed by atoms with Gasteiger partial charge >= 0.3 is 0 Å². The number of rotatable bonds is 1. The molecule has 0 atom stereocenters. The summed E-state index contributed by atoms with van der Waals surface area (Å²) in [7, 11) is 1.67. The Morgan fingerprint density at radius 3 is 2.77 bits per heavy atom. The van der Waals surface area contributed by atoms with E-state index in [1.807, 2.05) is 0 Å². The van der Waals surface area contributed by atoms with E-state index in [1.54, 1.807) is 19.2 Å². The Kier molecular flexibility index (Phi) is 3.62. The third-order valence-electron chi connectivity index (χ3n) is 1.41. The Morgan fingerprint density at radius 2 is 2.23 bits per heavy atom. The van der Waals surface area contributed by atoms with E-state index < -0.39 is 0 Å².